The van der Waals surface area contributed by atoms with Gasteiger partial charge in [0.05, 0.1) is 6.21 Å². The van der Waals surface area contributed by atoms with Crippen LogP contribution < -0.4 is 0 Å². The van der Waals surface area contributed by atoms with Crippen LogP contribution in [0.3, 0.4) is 0 Å². The van der Waals surface area contributed by atoms with Crippen molar-refractivity contribution >= 4 is 6.21 Å². The van der Waals surface area contributed by atoms with E-state index in [1.54, 1.807) is 30.7 Å². The number of aryl methyl sites for hydroxylation is 2. The fourth-order valence-corrected chi connectivity index (χ4v) is 1.40. The van der Waals surface area contributed by atoms with Crippen molar-refractivity contribution in [3.63, 3.8) is 0 Å². The van der Waals surface area contributed by atoms with Gasteiger partial charge in [0, 0.05) is 5.56 Å². The van der Waals surface area contributed by atoms with Gasteiger partial charge in [-0.15, -0.1) is 10.2 Å². The van der Waals surface area contributed by atoms with E-state index >= 15 is 0 Å². The Morgan fingerprint density at radius 2 is 1.82 bits per heavy atom. The van der Waals surface area contributed by atoms with Crippen LogP contribution in [0.15, 0.2) is 23.3 Å². The highest BCUT2D eigenvalue weighted by Gasteiger charge is 2.05. The van der Waals surface area contributed by atoms with Gasteiger partial charge in [-0.1, -0.05) is 6.07 Å². The lowest BCUT2D eigenvalue weighted by Crippen LogP contribution is -1.96. The Kier molecular flexibility index (Phi) is 2.78. The Balaban J connectivity index is 2.36. The van der Waals surface area contributed by atoms with Gasteiger partial charge in [0.1, 0.15) is 0 Å². The van der Waals surface area contributed by atoms with Gasteiger partial charge in [0.2, 0.25) is 0 Å². The van der Waals surface area contributed by atoms with Crippen molar-refractivity contribution in [3.8, 4) is 11.5 Å². The van der Waals surface area contributed by atoms with E-state index in [-0.39, 0.29) is 11.5 Å². The van der Waals surface area contributed by atoms with Crippen LogP contribution in [-0.2, 0) is 0 Å². The average molecular weight is 232 g/mol. The molecule has 0 fully saturated rings. The average Bonchev–Trinajstić information content (AvgIpc) is 2.62. The van der Waals surface area contributed by atoms with Gasteiger partial charge in [-0.3, -0.25) is 0 Å². The second-order valence-corrected chi connectivity index (χ2v) is 3.57. The summed E-state index contributed by atoms with van der Waals surface area (Å²) in [5.74, 6) is 0.933. The summed E-state index contributed by atoms with van der Waals surface area (Å²) in [5, 5.41) is 30.8. The molecule has 1 aromatic heterocycles. The topological polar surface area (TPSA) is 83.5 Å². The number of rotatable bonds is 2. The third-order valence-electron chi connectivity index (χ3n) is 2.31. The Morgan fingerprint density at radius 3 is 2.47 bits per heavy atom. The van der Waals surface area contributed by atoms with Crippen molar-refractivity contribution in [1.29, 1.82) is 0 Å². The number of nitrogens with zero attached hydrogens (tertiary/aromatic N) is 4. The molecule has 0 aliphatic rings. The van der Waals surface area contributed by atoms with Gasteiger partial charge in [0.15, 0.2) is 23.1 Å². The van der Waals surface area contributed by atoms with Gasteiger partial charge in [-0.2, -0.15) is 5.10 Å². The van der Waals surface area contributed by atoms with Gasteiger partial charge in [-0.05, 0) is 26.0 Å². The maximum atomic E-state index is 9.58. The second kappa shape index (κ2) is 4.25. The molecule has 0 radical (unpaired) electrons. The van der Waals surface area contributed by atoms with Crippen LogP contribution in [0.25, 0.3) is 0 Å². The van der Waals surface area contributed by atoms with Gasteiger partial charge in [-0.25, -0.2) is 4.68 Å². The molecule has 0 aliphatic heterocycles. The summed E-state index contributed by atoms with van der Waals surface area (Å²) in [7, 11) is 0. The third-order valence-corrected chi connectivity index (χ3v) is 2.31. The standard InChI is InChI=1S/C11H12N4O2/c1-7-13-14-8(2)15(7)12-6-9-4-3-5-10(16)11(9)17/h3-6,16-17H,1-2H3/b12-6+. The zero-order chi connectivity index (χ0) is 12.4. The van der Waals surface area contributed by atoms with Crippen molar-refractivity contribution in [3.05, 3.63) is 35.4 Å². The largest absolute Gasteiger partial charge is 0.504 e. The first kappa shape index (κ1) is 11.1. The zero-order valence-corrected chi connectivity index (χ0v) is 9.49. The molecule has 1 aromatic carbocycles. The molecule has 0 saturated heterocycles. The van der Waals surface area contributed by atoms with Gasteiger partial charge >= 0.3 is 0 Å². The van der Waals surface area contributed by atoms with Crippen LogP contribution in [0.2, 0.25) is 0 Å². The quantitative estimate of drug-likeness (QED) is 0.601. The zero-order valence-electron chi connectivity index (χ0n) is 9.49. The second-order valence-electron chi connectivity index (χ2n) is 3.57. The van der Waals surface area contributed by atoms with Crippen molar-refractivity contribution in [2.24, 2.45) is 5.10 Å². The molecule has 0 spiro atoms. The minimum absolute atomic E-state index is 0.175. The Morgan fingerprint density at radius 1 is 1.18 bits per heavy atom. The smallest absolute Gasteiger partial charge is 0.166 e. The summed E-state index contributed by atoms with van der Waals surface area (Å²) >= 11 is 0. The normalized spacial score (nSPS) is 11.2. The summed E-state index contributed by atoms with van der Waals surface area (Å²) in [4.78, 5) is 0. The molecule has 0 saturated carbocycles. The lowest BCUT2D eigenvalue weighted by molar-refractivity contribution is 0.403. The first-order chi connectivity index (χ1) is 8.09. The molecule has 0 atom stereocenters. The molecule has 0 unspecified atom stereocenters. The number of phenols is 2. The molecule has 0 bridgehead atoms. The molecule has 1 heterocycles. The molecule has 88 valence electrons. The Hall–Kier alpha value is -2.37. The molecular weight excluding hydrogens is 220 g/mol. The predicted molar refractivity (Wildman–Crippen MR) is 62.3 cm³/mol. The highest BCUT2D eigenvalue weighted by Crippen LogP contribution is 2.26. The lowest BCUT2D eigenvalue weighted by Gasteiger charge is -2.01. The Labute approximate surface area is 97.9 Å². The van der Waals surface area contributed by atoms with Crippen LogP contribution in [0, 0.1) is 13.8 Å². The van der Waals surface area contributed by atoms with E-state index in [0.29, 0.717) is 17.2 Å². The molecule has 0 amide bonds. The van der Waals surface area contributed by atoms with Crippen LogP contribution in [0.4, 0.5) is 0 Å². The van der Waals surface area contributed by atoms with Crippen molar-refractivity contribution in [2.75, 3.05) is 0 Å². The van der Waals surface area contributed by atoms with E-state index in [4.69, 9.17) is 0 Å². The molecule has 6 heteroatoms. The summed E-state index contributed by atoms with van der Waals surface area (Å²) in [6.45, 7) is 3.55. The van der Waals surface area contributed by atoms with Gasteiger partial charge < -0.3 is 10.2 Å². The molecule has 2 rings (SSSR count). The first-order valence-corrected chi connectivity index (χ1v) is 5.03. The van der Waals surface area contributed by atoms with E-state index < -0.39 is 0 Å². The predicted octanol–water partition coefficient (Wildman–Crippen LogP) is 1.19. The maximum absolute atomic E-state index is 9.58. The van der Waals surface area contributed by atoms with Gasteiger partial charge in [0.25, 0.3) is 0 Å². The third kappa shape index (κ3) is 2.10. The highest BCUT2D eigenvalue weighted by atomic mass is 16.3. The minimum atomic E-state index is -0.195. The van der Waals surface area contributed by atoms with Crippen LogP contribution in [0.1, 0.15) is 17.2 Å². The number of benzene rings is 1. The van der Waals surface area contributed by atoms with Crippen LogP contribution in [0.5, 0.6) is 11.5 Å². The molecule has 2 N–H and O–H groups in total. The van der Waals surface area contributed by atoms with E-state index in [1.165, 1.54) is 12.3 Å². The summed E-state index contributed by atoms with van der Waals surface area (Å²) in [6.07, 6.45) is 1.44. The lowest BCUT2D eigenvalue weighted by atomic mass is 10.2. The SMILES string of the molecule is Cc1nnc(C)n1/N=C/c1cccc(O)c1O. The fraction of sp³-hybridized carbons (Fsp3) is 0.182. The molecule has 2 aromatic rings. The number of phenolic OH excluding ortho intramolecular Hbond substituents is 2. The number of aromatic nitrogens is 3. The maximum Gasteiger partial charge on any atom is 0.166 e. The molecule has 0 aliphatic carbocycles. The number of aromatic hydroxyl groups is 2. The van der Waals surface area contributed by atoms with Crippen molar-refractivity contribution in [1.82, 2.24) is 14.9 Å². The highest BCUT2D eigenvalue weighted by molar-refractivity contribution is 5.84. The minimum Gasteiger partial charge on any atom is -0.504 e. The number of para-hydroxylation sites is 1. The molecule has 6 nitrogen and oxygen atoms in total. The van der Waals surface area contributed by atoms with E-state index in [9.17, 15) is 10.2 Å². The van der Waals surface area contributed by atoms with E-state index in [0.717, 1.165) is 0 Å². The van der Waals surface area contributed by atoms with E-state index in [2.05, 4.69) is 15.3 Å². The fourth-order valence-electron chi connectivity index (χ4n) is 1.40. The number of hydrogen-bond donors (Lipinski definition) is 2. The number of hydrogen-bond acceptors (Lipinski definition) is 5. The van der Waals surface area contributed by atoms with Crippen LogP contribution in [-0.4, -0.2) is 31.3 Å². The summed E-state index contributed by atoms with van der Waals surface area (Å²) < 4.78 is 1.55. The monoisotopic (exact) mass is 232 g/mol. The molecular formula is C11H12N4O2. The van der Waals surface area contributed by atoms with E-state index in [1.807, 2.05) is 0 Å². The van der Waals surface area contributed by atoms with Crippen molar-refractivity contribution < 1.29 is 10.2 Å². The summed E-state index contributed by atoms with van der Waals surface area (Å²) in [6, 6.07) is 4.68. The first-order valence-electron chi connectivity index (χ1n) is 5.03. The Bertz CT molecular complexity index is 555. The van der Waals surface area contributed by atoms with Crippen LogP contribution >= 0.6 is 0 Å². The summed E-state index contributed by atoms with van der Waals surface area (Å²) in [5.41, 5.74) is 0.428. The van der Waals surface area contributed by atoms with Crippen molar-refractivity contribution in [2.45, 2.75) is 13.8 Å². The molecule has 17 heavy (non-hydrogen) atoms.